The molecular formula is C33H32N2O5S. The lowest BCUT2D eigenvalue weighted by Crippen LogP contribution is -2.40. The van der Waals surface area contributed by atoms with Crippen LogP contribution in [0.25, 0.3) is 6.08 Å². The molecule has 0 N–H and O–H groups in total. The Morgan fingerprint density at radius 3 is 2.49 bits per heavy atom. The van der Waals surface area contributed by atoms with Gasteiger partial charge in [0.25, 0.3) is 5.56 Å². The lowest BCUT2D eigenvalue weighted by molar-refractivity contribution is -0.139. The second-order valence-corrected chi connectivity index (χ2v) is 10.6. The first kappa shape index (κ1) is 28.1. The zero-order valence-electron chi connectivity index (χ0n) is 23.5. The summed E-state index contributed by atoms with van der Waals surface area (Å²) < 4.78 is 19.3. The molecule has 0 saturated carbocycles. The number of nitrogens with zero attached hydrogens (tertiary/aromatic N) is 2. The highest BCUT2D eigenvalue weighted by Gasteiger charge is 2.35. The van der Waals surface area contributed by atoms with Gasteiger partial charge in [-0.1, -0.05) is 71.5 Å². The third-order valence-electron chi connectivity index (χ3n) is 6.70. The number of hydrogen-bond donors (Lipinski definition) is 0. The predicted octanol–water partition coefficient (Wildman–Crippen LogP) is 5.08. The second kappa shape index (κ2) is 12.4. The van der Waals surface area contributed by atoms with E-state index < -0.39 is 12.0 Å². The maximum absolute atomic E-state index is 13.9. The van der Waals surface area contributed by atoms with Crippen LogP contribution in [-0.4, -0.2) is 23.8 Å². The van der Waals surface area contributed by atoms with Gasteiger partial charge in [0, 0.05) is 5.56 Å². The number of fused-ring (bicyclic) bond motifs is 1. The minimum Gasteiger partial charge on any atom is -0.494 e. The molecule has 1 atom stereocenters. The topological polar surface area (TPSA) is 79.1 Å². The van der Waals surface area contributed by atoms with E-state index in [1.54, 1.807) is 18.4 Å². The summed E-state index contributed by atoms with van der Waals surface area (Å²) in [4.78, 5) is 32.2. The Balaban J connectivity index is 1.52. The number of rotatable bonds is 9. The smallest absolute Gasteiger partial charge is 0.338 e. The van der Waals surface area contributed by atoms with Gasteiger partial charge in [-0.3, -0.25) is 9.36 Å². The SMILES string of the molecule is CCOC(=O)C1=C(C)N=c2s/c(=C\c3ccc(OCc4cccc(C)c4)cc3)c(=O)n2[C@H]1c1ccccc1OCC. The molecular weight excluding hydrogens is 536 g/mol. The van der Waals surface area contributed by atoms with Gasteiger partial charge in [0.15, 0.2) is 4.80 Å². The molecule has 7 nitrogen and oxygen atoms in total. The quantitative estimate of drug-likeness (QED) is 0.263. The normalized spacial score (nSPS) is 14.8. The Bertz CT molecular complexity index is 1780. The Labute approximate surface area is 242 Å². The molecule has 0 radical (unpaired) electrons. The lowest BCUT2D eigenvalue weighted by atomic mass is 9.95. The minimum absolute atomic E-state index is 0.213. The molecule has 0 amide bonds. The zero-order valence-corrected chi connectivity index (χ0v) is 24.4. The highest BCUT2D eigenvalue weighted by molar-refractivity contribution is 7.07. The largest absolute Gasteiger partial charge is 0.494 e. The maximum atomic E-state index is 13.9. The van der Waals surface area contributed by atoms with Crippen molar-refractivity contribution in [1.82, 2.24) is 4.57 Å². The predicted molar refractivity (Wildman–Crippen MR) is 160 cm³/mol. The third kappa shape index (κ3) is 6.02. The molecule has 0 bridgehead atoms. The number of allylic oxidation sites excluding steroid dienone is 1. The number of hydrogen-bond acceptors (Lipinski definition) is 7. The first-order valence-corrected chi connectivity index (χ1v) is 14.4. The van der Waals surface area contributed by atoms with Crippen LogP contribution >= 0.6 is 11.3 Å². The van der Waals surface area contributed by atoms with Crippen LogP contribution in [0.1, 0.15) is 49.1 Å². The molecule has 1 aromatic heterocycles. The summed E-state index contributed by atoms with van der Waals surface area (Å²) in [5.41, 5.74) is 4.46. The molecule has 41 heavy (non-hydrogen) atoms. The number of esters is 1. The van der Waals surface area contributed by atoms with Crippen molar-refractivity contribution in [1.29, 1.82) is 0 Å². The number of aromatic nitrogens is 1. The summed E-state index contributed by atoms with van der Waals surface area (Å²) in [5, 5.41) is 0. The van der Waals surface area contributed by atoms with E-state index in [0.717, 1.165) is 16.9 Å². The Hall–Kier alpha value is -4.43. The van der Waals surface area contributed by atoms with E-state index in [9.17, 15) is 9.59 Å². The second-order valence-electron chi connectivity index (χ2n) is 9.62. The molecule has 1 aliphatic heterocycles. The summed E-state index contributed by atoms with van der Waals surface area (Å²) in [6, 6.07) is 22.6. The number of carbonyl (C=O) groups excluding carboxylic acids is 1. The lowest BCUT2D eigenvalue weighted by Gasteiger charge is -2.26. The standard InChI is InChI=1S/C33H32N2O5S/c1-5-38-27-13-8-7-12-26(27)30-29(32(37)39-6-2)22(4)34-33-35(30)31(36)28(41-33)19-23-14-16-25(17-15-23)40-20-24-11-9-10-21(3)18-24/h7-19,30H,5-6,20H2,1-4H3/b28-19-/t30-/m0/s1. The van der Waals surface area contributed by atoms with Gasteiger partial charge in [-0.15, -0.1) is 0 Å². The number of carbonyl (C=O) groups is 1. The van der Waals surface area contributed by atoms with Crippen molar-refractivity contribution < 1.29 is 19.0 Å². The summed E-state index contributed by atoms with van der Waals surface area (Å²) in [6.07, 6.45) is 1.84. The molecule has 0 aliphatic carbocycles. The summed E-state index contributed by atoms with van der Waals surface area (Å²) in [6.45, 7) is 8.62. The van der Waals surface area contributed by atoms with Gasteiger partial charge < -0.3 is 14.2 Å². The van der Waals surface area contributed by atoms with E-state index in [0.29, 0.717) is 45.1 Å². The average molecular weight is 569 g/mol. The molecule has 210 valence electrons. The van der Waals surface area contributed by atoms with Crippen molar-refractivity contribution in [2.24, 2.45) is 4.99 Å². The monoisotopic (exact) mass is 568 g/mol. The van der Waals surface area contributed by atoms with Crippen LogP contribution in [0.5, 0.6) is 11.5 Å². The van der Waals surface area contributed by atoms with E-state index in [2.05, 4.69) is 24.0 Å². The zero-order chi connectivity index (χ0) is 28.9. The van der Waals surface area contributed by atoms with Crippen molar-refractivity contribution in [2.75, 3.05) is 13.2 Å². The van der Waals surface area contributed by atoms with Crippen LogP contribution in [-0.2, 0) is 16.1 Å². The Morgan fingerprint density at radius 1 is 0.976 bits per heavy atom. The molecule has 3 aromatic carbocycles. The molecule has 0 fully saturated rings. The fourth-order valence-electron chi connectivity index (χ4n) is 4.86. The fraction of sp³-hybridized carbons (Fsp3) is 0.242. The van der Waals surface area contributed by atoms with Crippen LogP contribution in [0.15, 0.2) is 93.9 Å². The Morgan fingerprint density at radius 2 is 1.76 bits per heavy atom. The van der Waals surface area contributed by atoms with Crippen molar-refractivity contribution in [3.8, 4) is 11.5 Å². The third-order valence-corrected chi connectivity index (χ3v) is 7.68. The number of benzene rings is 3. The van der Waals surface area contributed by atoms with Gasteiger partial charge in [0.2, 0.25) is 0 Å². The van der Waals surface area contributed by atoms with Gasteiger partial charge in [-0.05, 0) is 63.1 Å². The molecule has 2 heterocycles. The highest BCUT2D eigenvalue weighted by atomic mass is 32.1. The molecule has 5 rings (SSSR count). The van der Waals surface area contributed by atoms with E-state index in [4.69, 9.17) is 14.2 Å². The fourth-order valence-corrected chi connectivity index (χ4v) is 5.91. The first-order valence-electron chi connectivity index (χ1n) is 13.6. The van der Waals surface area contributed by atoms with Crippen LogP contribution in [0.2, 0.25) is 0 Å². The van der Waals surface area contributed by atoms with Gasteiger partial charge >= 0.3 is 5.97 Å². The Kier molecular flexibility index (Phi) is 8.50. The molecule has 0 unspecified atom stereocenters. The number of aryl methyl sites for hydroxylation is 1. The van der Waals surface area contributed by atoms with Gasteiger partial charge in [-0.2, -0.15) is 0 Å². The number of thiazole rings is 1. The van der Waals surface area contributed by atoms with Gasteiger partial charge in [-0.25, -0.2) is 9.79 Å². The maximum Gasteiger partial charge on any atom is 0.338 e. The number of ether oxygens (including phenoxy) is 3. The van der Waals surface area contributed by atoms with Crippen LogP contribution in [0.4, 0.5) is 0 Å². The van der Waals surface area contributed by atoms with E-state index >= 15 is 0 Å². The summed E-state index contributed by atoms with van der Waals surface area (Å²) in [5.74, 6) is 0.847. The van der Waals surface area contributed by atoms with Crippen molar-refractivity contribution in [2.45, 2.75) is 40.3 Å². The van der Waals surface area contributed by atoms with E-state index in [1.165, 1.54) is 16.9 Å². The summed E-state index contributed by atoms with van der Waals surface area (Å²) >= 11 is 1.29. The molecule has 4 aromatic rings. The molecule has 8 heteroatoms. The highest BCUT2D eigenvalue weighted by Crippen LogP contribution is 2.35. The van der Waals surface area contributed by atoms with Gasteiger partial charge in [0.1, 0.15) is 24.1 Å². The van der Waals surface area contributed by atoms with Gasteiger partial charge in [0.05, 0.1) is 29.0 Å². The first-order chi connectivity index (χ1) is 19.9. The van der Waals surface area contributed by atoms with E-state index in [1.807, 2.05) is 73.7 Å². The molecule has 1 aliphatic rings. The van der Waals surface area contributed by atoms with Crippen molar-refractivity contribution >= 4 is 23.4 Å². The molecule has 0 saturated heterocycles. The van der Waals surface area contributed by atoms with E-state index in [-0.39, 0.29) is 12.2 Å². The average Bonchev–Trinajstić information content (AvgIpc) is 3.26. The number of para-hydroxylation sites is 1. The van der Waals surface area contributed by atoms with Crippen molar-refractivity contribution in [3.63, 3.8) is 0 Å². The molecule has 0 spiro atoms. The van der Waals surface area contributed by atoms with Crippen LogP contribution in [0.3, 0.4) is 0 Å². The van der Waals surface area contributed by atoms with Crippen LogP contribution in [0, 0.1) is 6.92 Å². The summed E-state index contributed by atoms with van der Waals surface area (Å²) in [7, 11) is 0. The van der Waals surface area contributed by atoms with Crippen LogP contribution < -0.4 is 24.4 Å². The minimum atomic E-state index is -0.729. The van der Waals surface area contributed by atoms with Crippen molar-refractivity contribution in [3.05, 3.63) is 126 Å².